The Morgan fingerprint density at radius 3 is 2.77 bits per heavy atom. The lowest BCUT2D eigenvalue weighted by atomic mass is 10.00. The standard InChI is InChI=1S/C17H22N2O3/c1-3-4-13-6-5-12(2)14(9-13)10-19(11-20)15-7-8-16(21)18-17(15)22/h5-6,9,11,15H,3-4,7-8,10H2,1-2H3,(H,18,21,22). The Hall–Kier alpha value is -2.17. The van der Waals surface area contributed by atoms with Crippen molar-refractivity contribution in [3.05, 3.63) is 34.9 Å². The molecule has 0 aromatic heterocycles. The largest absolute Gasteiger partial charge is 0.329 e. The first-order valence-electron chi connectivity index (χ1n) is 7.68. The zero-order valence-corrected chi connectivity index (χ0v) is 13.1. The van der Waals surface area contributed by atoms with Crippen molar-refractivity contribution in [2.45, 2.75) is 52.1 Å². The van der Waals surface area contributed by atoms with Gasteiger partial charge in [0.2, 0.25) is 18.2 Å². The monoisotopic (exact) mass is 302 g/mol. The van der Waals surface area contributed by atoms with Crippen LogP contribution in [-0.2, 0) is 27.3 Å². The molecule has 1 aromatic rings. The lowest BCUT2D eigenvalue weighted by molar-refractivity contribution is -0.141. The van der Waals surface area contributed by atoms with Gasteiger partial charge in [-0.1, -0.05) is 31.5 Å². The molecule has 2 rings (SSSR count). The number of amides is 3. The molecule has 1 atom stereocenters. The zero-order valence-electron chi connectivity index (χ0n) is 13.1. The van der Waals surface area contributed by atoms with Crippen LogP contribution in [0.5, 0.6) is 0 Å². The molecular weight excluding hydrogens is 280 g/mol. The van der Waals surface area contributed by atoms with Gasteiger partial charge in [-0.15, -0.1) is 0 Å². The van der Waals surface area contributed by atoms with Crippen LogP contribution in [0.3, 0.4) is 0 Å². The van der Waals surface area contributed by atoms with Crippen LogP contribution in [0.2, 0.25) is 0 Å². The molecule has 5 nitrogen and oxygen atoms in total. The summed E-state index contributed by atoms with van der Waals surface area (Å²) >= 11 is 0. The maximum Gasteiger partial charge on any atom is 0.249 e. The molecule has 22 heavy (non-hydrogen) atoms. The second-order valence-electron chi connectivity index (χ2n) is 5.76. The van der Waals surface area contributed by atoms with Crippen molar-refractivity contribution in [1.82, 2.24) is 10.2 Å². The molecule has 0 spiro atoms. The topological polar surface area (TPSA) is 66.5 Å². The number of hydrogen-bond donors (Lipinski definition) is 1. The molecule has 1 heterocycles. The molecule has 1 N–H and O–H groups in total. The Bertz CT molecular complexity index is 583. The average molecular weight is 302 g/mol. The first-order valence-corrected chi connectivity index (χ1v) is 7.68. The van der Waals surface area contributed by atoms with Gasteiger partial charge in [-0.25, -0.2) is 0 Å². The van der Waals surface area contributed by atoms with Crippen LogP contribution in [0.15, 0.2) is 18.2 Å². The predicted molar refractivity (Wildman–Crippen MR) is 83.0 cm³/mol. The van der Waals surface area contributed by atoms with Gasteiger partial charge in [0.05, 0.1) is 0 Å². The van der Waals surface area contributed by atoms with Crippen LogP contribution in [0.25, 0.3) is 0 Å². The van der Waals surface area contributed by atoms with E-state index in [1.54, 1.807) is 0 Å². The van der Waals surface area contributed by atoms with E-state index in [0.29, 0.717) is 19.4 Å². The lowest BCUT2D eigenvalue weighted by Gasteiger charge is -2.30. The number of nitrogens with zero attached hydrogens (tertiary/aromatic N) is 1. The van der Waals surface area contributed by atoms with Crippen molar-refractivity contribution in [2.75, 3.05) is 0 Å². The van der Waals surface area contributed by atoms with Crippen LogP contribution < -0.4 is 5.32 Å². The Morgan fingerprint density at radius 2 is 2.14 bits per heavy atom. The molecule has 1 aromatic carbocycles. The van der Waals surface area contributed by atoms with Crippen molar-refractivity contribution in [2.24, 2.45) is 0 Å². The number of benzene rings is 1. The van der Waals surface area contributed by atoms with E-state index in [4.69, 9.17) is 0 Å². The SMILES string of the molecule is CCCc1ccc(C)c(CN(C=O)C2CCC(=O)NC2=O)c1. The quantitative estimate of drug-likeness (QED) is 0.642. The van der Waals surface area contributed by atoms with Gasteiger partial charge < -0.3 is 4.90 Å². The maximum atomic E-state index is 11.9. The molecule has 0 aliphatic carbocycles. The summed E-state index contributed by atoms with van der Waals surface area (Å²) in [7, 11) is 0. The van der Waals surface area contributed by atoms with Crippen LogP contribution in [0.1, 0.15) is 42.9 Å². The average Bonchev–Trinajstić information content (AvgIpc) is 2.49. The van der Waals surface area contributed by atoms with Gasteiger partial charge in [0.1, 0.15) is 6.04 Å². The Morgan fingerprint density at radius 1 is 1.36 bits per heavy atom. The van der Waals surface area contributed by atoms with E-state index in [-0.39, 0.29) is 18.2 Å². The Balaban J connectivity index is 2.16. The van der Waals surface area contributed by atoms with Crippen molar-refractivity contribution in [3.8, 4) is 0 Å². The summed E-state index contributed by atoms with van der Waals surface area (Å²) in [6.45, 7) is 4.51. The molecular formula is C17H22N2O3. The van der Waals surface area contributed by atoms with Crippen LogP contribution >= 0.6 is 0 Å². The van der Waals surface area contributed by atoms with E-state index in [2.05, 4.69) is 24.4 Å². The summed E-state index contributed by atoms with van der Waals surface area (Å²) in [6.07, 6.45) is 3.42. The van der Waals surface area contributed by atoms with Gasteiger partial charge in [-0.05, 0) is 36.5 Å². The third kappa shape index (κ3) is 3.72. The number of aryl methyl sites for hydroxylation is 2. The molecule has 5 heteroatoms. The highest BCUT2D eigenvalue weighted by Gasteiger charge is 2.31. The summed E-state index contributed by atoms with van der Waals surface area (Å²) in [6, 6.07) is 5.68. The number of rotatable bonds is 6. The predicted octanol–water partition coefficient (Wildman–Crippen LogP) is 1.71. The maximum absolute atomic E-state index is 11.9. The molecule has 0 radical (unpaired) electrons. The fraction of sp³-hybridized carbons (Fsp3) is 0.471. The summed E-state index contributed by atoms with van der Waals surface area (Å²) < 4.78 is 0. The van der Waals surface area contributed by atoms with Gasteiger partial charge in [0.25, 0.3) is 0 Å². The van der Waals surface area contributed by atoms with Crippen molar-refractivity contribution < 1.29 is 14.4 Å². The highest BCUT2D eigenvalue weighted by atomic mass is 16.2. The van der Waals surface area contributed by atoms with E-state index in [9.17, 15) is 14.4 Å². The minimum absolute atomic E-state index is 0.270. The van der Waals surface area contributed by atoms with E-state index in [1.165, 1.54) is 10.5 Å². The fourth-order valence-electron chi connectivity index (χ4n) is 2.76. The summed E-state index contributed by atoms with van der Waals surface area (Å²) in [4.78, 5) is 36.0. The summed E-state index contributed by atoms with van der Waals surface area (Å²) in [5.41, 5.74) is 3.37. The number of imide groups is 1. The third-order valence-corrected chi connectivity index (χ3v) is 4.05. The van der Waals surface area contributed by atoms with Crippen LogP contribution in [0.4, 0.5) is 0 Å². The molecule has 1 saturated heterocycles. The van der Waals surface area contributed by atoms with E-state index < -0.39 is 6.04 Å². The van der Waals surface area contributed by atoms with Crippen molar-refractivity contribution >= 4 is 18.2 Å². The fourth-order valence-corrected chi connectivity index (χ4v) is 2.76. The lowest BCUT2D eigenvalue weighted by Crippen LogP contribution is -2.51. The van der Waals surface area contributed by atoms with Gasteiger partial charge in [0, 0.05) is 13.0 Å². The van der Waals surface area contributed by atoms with E-state index >= 15 is 0 Å². The smallest absolute Gasteiger partial charge is 0.249 e. The second-order valence-corrected chi connectivity index (χ2v) is 5.76. The molecule has 118 valence electrons. The normalized spacial score (nSPS) is 18.0. The first kappa shape index (κ1) is 16.2. The number of piperidine rings is 1. The highest BCUT2D eigenvalue weighted by Crippen LogP contribution is 2.18. The van der Waals surface area contributed by atoms with Gasteiger partial charge in [0.15, 0.2) is 0 Å². The first-order chi connectivity index (χ1) is 10.5. The zero-order chi connectivity index (χ0) is 16.1. The minimum atomic E-state index is -0.565. The molecule has 0 saturated carbocycles. The van der Waals surface area contributed by atoms with Crippen LogP contribution in [0, 0.1) is 6.92 Å². The Kier molecular flexibility index (Phi) is 5.31. The van der Waals surface area contributed by atoms with Crippen molar-refractivity contribution in [3.63, 3.8) is 0 Å². The van der Waals surface area contributed by atoms with Crippen molar-refractivity contribution in [1.29, 1.82) is 0 Å². The summed E-state index contributed by atoms with van der Waals surface area (Å²) in [5.74, 6) is -0.654. The molecule has 1 aliphatic rings. The number of carbonyl (C=O) groups excluding carboxylic acids is 3. The minimum Gasteiger partial charge on any atom is -0.329 e. The third-order valence-electron chi connectivity index (χ3n) is 4.05. The molecule has 0 bridgehead atoms. The molecule has 1 fully saturated rings. The second kappa shape index (κ2) is 7.20. The number of hydrogen-bond acceptors (Lipinski definition) is 3. The van der Waals surface area contributed by atoms with Crippen LogP contribution in [-0.4, -0.2) is 29.2 Å². The number of nitrogens with one attached hydrogen (secondary N) is 1. The highest BCUT2D eigenvalue weighted by molar-refractivity contribution is 6.00. The van der Waals surface area contributed by atoms with Gasteiger partial charge in [-0.2, -0.15) is 0 Å². The van der Waals surface area contributed by atoms with E-state index in [0.717, 1.165) is 24.0 Å². The van der Waals surface area contributed by atoms with Gasteiger partial charge >= 0.3 is 0 Å². The van der Waals surface area contributed by atoms with E-state index in [1.807, 2.05) is 13.0 Å². The Labute approximate surface area is 130 Å². The molecule has 1 unspecified atom stereocenters. The number of carbonyl (C=O) groups is 3. The molecule has 3 amide bonds. The molecule has 1 aliphatic heterocycles. The van der Waals surface area contributed by atoms with Gasteiger partial charge in [-0.3, -0.25) is 19.7 Å². The summed E-state index contributed by atoms with van der Waals surface area (Å²) in [5, 5.41) is 2.30.